The van der Waals surface area contributed by atoms with Crippen LogP contribution >= 0.6 is 11.6 Å². The second-order valence-corrected chi connectivity index (χ2v) is 3.00. The summed E-state index contributed by atoms with van der Waals surface area (Å²) in [6.45, 7) is 0.466. The number of hydrogen-bond donors (Lipinski definition) is 1. The van der Waals surface area contributed by atoms with Crippen molar-refractivity contribution < 1.29 is 4.92 Å². The smallest absolute Gasteiger partial charge is 0.275 e. The number of benzene rings is 1. The summed E-state index contributed by atoms with van der Waals surface area (Å²) in [5.41, 5.74) is 0.693. The third kappa shape index (κ3) is 2.40. The van der Waals surface area contributed by atoms with E-state index in [1.807, 2.05) is 0 Å². The molecule has 0 aliphatic heterocycles. The molecule has 1 N–H and O–H groups in total. The highest BCUT2D eigenvalue weighted by Gasteiger charge is 2.12. The van der Waals surface area contributed by atoms with Crippen molar-refractivity contribution in [3.05, 3.63) is 38.9 Å². The van der Waals surface area contributed by atoms with E-state index < -0.39 is 4.92 Å². The highest BCUT2D eigenvalue weighted by molar-refractivity contribution is 6.30. The number of nitrogens with one attached hydrogen (secondary N) is 1. The van der Waals surface area contributed by atoms with Gasteiger partial charge >= 0.3 is 0 Å². The normalized spacial score (nSPS) is 10.0. The third-order valence-corrected chi connectivity index (χ3v) is 1.85. The Labute approximate surface area is 80.7 Å². The second-order valence-electron chi connectivity index (χ2n) is 2.56. The van der Waals surface area contributed by atoms with Crippen LogP contribution in [0.4, 0.5) is 5.69 Å². The van der Waals surface area contributed by atoms with E-state index in [1.54, 1.807) is 19.2 Å². The first-order valence-electron chi connectivity index (χ1n) is 3.72. The van der Waals surface area contributed by atoms with Crippen molar-refractivity contribution in [3.8, 4) is 0 Å². The van der Waals surface area contributed by atoms with Crippen molar-refractivity contribution in [2.45, 2.75) is 6.54 Å². The summed E-state index contributed by atoms with van der Waals surface area (Å²) in [5, 5.41) is 13.8. The summed E-state index contributed by atoms with van der Waals surface area (Å²) in [5.74, 6) is 0. The first kappa shape index (κ1) is 9.95. The van der Waals surface area contributed by atoms with Crippen LogP contribution in [-0.4, -0.2) is 12.0 Å². The van der Waals surface area contributed by atoms with Crippen LogP contribution in [0.15, 0.2) is 18.2 Å². The van der Waals surface area contributed by atoms with Gasteiger partial charge in [0.1, 0.15) is 0 Å². The first-order chi connectivity index (χ1) is 6.15. The van der Waals surface area contributed by atoms with Gasteiger partial charge in [0.2, 0.25) is 0 Å². The number of rotatable bonds is 3. The molecule has 5 heteroatoms. The molecule has 1 aromatic carbocycles. The van der Waals surface area contributed by atoms with Crippen molar-refractivity contribution in [2.24, 2.45) is 0 Å². The van der Waals surface area contributed by atoms with Crippen molar-refractivity contribution in [2.75, 3.05) is 7.05 Å². The second kappa shape index (κ2) is 4.20. The largest absolute Gasteiger partial charge is 0.315 e. The number of halogens is 1. The molecule has 0 aliphatic carbocycles. The minimum absolute atomic E-state index is 0.0573. The van der Waals surface area contributed by atoms with Crippen LogP contribution in [0.25, 0.3) is 0 Å². The summed E-state index contributed by atoms with van der Waals surface area (Å²) >= 11 is 5.64. The average molecular weight is 201 g/mol. The van der Waals surface area contributed by atoms with Gasteiger partial charge in [0.15, 0.2) is 0 Å². The van der Waals surface area contributed by atoms with Crippen molar-refractivity contribution in [1.82, 2.24) is 5.32 Å². The topological polar surface area (TPSA) is 55.2 Å². The molecule has 1 rings (SSSR count). The van der Waals surface area contributed by atoms with E-state index >= 15 is 0 Å². The van der Waals surface area contributed by atoms with Gasteiger partial charge in [-0.3, -0.25) is 10.1 Å². The molecular formula is C8H9ClN2O2. The maximum absolute atomic E-state index is 10.6. The lowest BCUT2D eigenvalue weighted by Gasteiger charge is -2.01. The summed E-state index contributed by atoms with van der Waals surface area (Å²) in [4.78, 5) is 10.1. The van der Waals surface area contributed by atoms with Gasteiger partial charge in [-0.2, -0.15) is 0 Å². The lowest BCUT2D eigenvalue weighted by molar-refractivity contribution is -0.385. The SMILES string of the molecule is CNCc1ccc(Cl)cc1[N+](=O)[O-]. The Balaban J connectivity index is 3.10. The molecule has 13 heavy (non-hydrogen) atoms. The molecule has 0 radical (unpaired) electrons. The quantitative estimate of drug-likeness (QED) is 0.600. The Kier molecular flexibility index (Phi) is 3.22. The van der Waals surface area contributed by atoms with Gasteiger partial charge in [0.05, 0.1) is 4.92 Å². The van der Waals surface area contributed by atoms with Gasteiger partial charge in [-0.15, -0.1) is 0 Å². The Bertz CT molecular complexity index is 328. The van der Waals surface area contributed by atoms with Crippen molar-refractivity contribution >= 4 is 17.3 Å². The molecule has 0 saturated carbocycles. The highest BCUT2D eigenvalue weighted by atomic mass is 35.5. The van der Waals surface area contributed by atoms with Gasteiger partial charge < -0.3 is 5.32 Å². The van der Waals surface area contributed by atoms with E-state index in [1.165, 1.54) is 6.07 Å². The minimum atomic E-state index is -0.432. The Morgan fingerprint density at radius 1 is 1.62 bits per heavy atom. The van der Waals surface area contributed by atoms with Gasteiger partial charge in [0, 0.05) is 23.2 Å². The van der Waals surface area contributed by atoms with E-state index in [2.05, 4.69) is 5.32 Å². The van der Waals surface area contributed by atoms with Crippen molar-refractivity contribution in [3.63, 3.8) is 0 Å². The highest BCUT2D eigenvalue weighted by Crippen LogP contribution is 2.22. The standard InChI is InChI=1S/C8H9ClN2O2/c1-10-5-6-2-3-7(9)4-8(6)11(12)13/h2-4,10H,5H2,1H3. The molecule has 0 saturated heterocycles. The fourth-order valence-corrected chi connectivity index (χ4v) is 1.21. The van der Waals surface area contributed by atoms with Crippen LogP contribution in [-0.2, 0) is 6.54 Å². The van der Waals surface area contributed by atoms with Gasteiger partial charge in [-0.05, 0) is 19.2 Å². The monoisotopic (exact) mass is 200 g/mol. The van der Waals surface area contributed by atoms with Gasteiger partial charge in [-0.25, -0.2) is 0 Å². The number of nitro benzene ring substituents is 1. The molecule has 1 aromatic rings. The zero-order valence-corrected chi connectivity index (χ0v) is 7.84. The maximum Gasteiger partial charge on any atom is 0.275 e. The molecule has 0 heterocycles. The summed E-state index contributed by atoms with van der Waals surface area (Å²) in [7, 11) is 1.73. The fourth-order valence-electron chi connectivity index (χ4n) is 1.05. The summed E-state index contributed by atoms with van der Waals surface area (Å²) in [6.07, 6.45) is 0. The van der Waals surface area contributed by atoms with Crippen LogP contribution in [0.2, 0.25) is 5.02 Å². The van der Waals surface area contributed by atoms with E-state index in [0.717, 1.165) is 0 Å². The molecular weight excluding hydrogens is 192 g/mol. The van der Waals surface area contributed by atoms with E-state index in [4.69, 9.17) is 11.6 Å². The molecule has 0 aromatic heterocycles. The van der Waals surface area contributed by atoms with E-state index in [9.17, 15) is 10.1 Å². The molecule has 0 spiro atoms. The minimum Gasteiger partial charge on any atom is -0.315 e. The van der Waals surface area contributed by atoms with Crippen LogP contribution in [0, 0.1) is 10.1 Å². The van der Waals surface area contributed by atoms with Gasteiger partial charge in [0.25, 0.3) is 5.69 Å². The maximum atomic E-state index is 10.6. The molecule has 0 fully saturated rings. The molecule has 70 valence electrons. The fraction of sp³-hybridized carbons (Fsp3) is 0.250. The molecule has 4 nitrogen and oxygen atoms in total. The average Bonchev–Trinajstić information content (AvgIpc) is 2.08. The molecule has 0 aliphatic rings. The van der Waals surface area contributed by atoms with Crippen LogP contribution in [0.1, 0.15) is 5.56 Å². The van der Waals surface area contributed by atoms with Crippen molar-refractivity contribution in [1.29, 1.82) is 0 Å². The zero-order chi connectivity index (χ0) is 9.84. The number of hydrogen-bond acceptors (Lipinski definition) is 3. The number of nitrogens with zero attached hydrogens (tertiary/aromatic N) is 1. The van der Waals surface area contributed by atoms with Gasteiger partial charge in [-0.1, -0.05) is 11.6 Å². The Morgan fingerprint density at radius 3 is 2.85 bits per heavy atom. The zero-order valence-electron chi connectivity index (χ0n) is 7.08. The van der Waals surface area contributed by atoms with Crippen LogP contribution < -0.4 is 5.32 Å². The Hall–Kier alpha value is -1.13. The van der Waals surface area contributed by atoms with Crippen LogP contribution in [0.3, 0.4) is 0 Å². The predicted octanol–water partition coefficient (Wildman–Crippen LogP) is 1.97. The lowest BCUT2D eigenvalue weighted by atomic mass is 10.2. The molecule has 0 bridgehead atoms. The summed E-state index contributed by atoms with van der Waals surface area (Å²) < 4.78 is 0. The van der Waals surface area contributed by atoms with E-state index in [0.29, 0.717) is 17.1 Å². The number of nitro groups is 1. The van der Waals surface area contributed by atoms with Crippen LogP contribution in [0.5, 0.6) is 0 Å². The molecule has 0 amide bonds. The molecule has 0 atom stereocenters. The lowest BCUT2D eigenvalue weighted by Crippen LogP contribution is -2.07. The Morgan fingerprint density at radius 2 is 2.31 bits per heavy atom. The van der Waals surface area contributed by atoms with E-state index in [-0.39, 0.29) is 5.69 Å². The summed E-state index contributed by atoms with van der Waals surface area (Å²) in [6, 6.07) is 4.65. The predicted molar refractivity (Wildman–Crippen MR) is 50.9 cm³/mol. The third-order valence-electron chi connectivity index (χ3n) is 1.61. The first-order valence-corrected chi connectivity index (χ1v) is 4.10. The molecule has 0 unspecified atom stereocenters.